The molecular weight excluding hydrogens is 354 g/mol. The van der Waals surface area contributed by atoms with Gasteiger partial charge in [-0.15, -0.1) is 0 Å². The van der Waals surface area contributed by atoms with Crippen molar-refractivity contribution in [3.05, 3.63) is 51.5 Å². The Morgan fingerprint density at radius 2 is 2.05 bits per heavy atom. The highest BCUT2D eigenvalue weighted by Crippen LogP contribution is 2.31. The molecule has 0 radical (unpaired) electrons. The van der Waals surface area contributed by atoms with Crippen LogP contribution in [0.15, 0.2) is 45.4 Å². The Morgan fingerprint density at radius 3 is 2.76 bits per heavy atom. The molecule has 0 amide bonds. The van der Waals surface area contributed by atoms with Crippen LogP contribution in [0.3, 0.4) is 0 Å². The van der Waals surface area contributed by atoms with Crippen LogP contribution in [0.4, 0.5) is 5.69 Å². The molecule has 2 aromatic carbocycles. The lowest BCUT2D eigenvalue weighted by atomic mass is 10.1. The van der Waals surface area contributed by atoms with E-state index in [1.807, 2.05) is 37.3 Å². The van der Waals surface area contributed by atoms with Crippen LogP contribution in [0.25, 0.3) is 22.8 Å². The molecule has 0 aliphatic heterocycles. The smallest absolute Gasteiger partial charge is 0.260 e. The van der Waals surface area contributed by atoms with Crippen LogP contribution >= 0.6 is 27.5 Å². The molecule has 0 bridgehead atoms. The molecular formula is C15H11BrClN3O. The summed E-state index contributed by atoms with van der Waals surface area (Å²) in [5.41, 5.74) is 9.18. The van der Waals surface area contributed by atoms with Crippen molar-refractivity contribution in [2.24, 2.45) is 0 Å². The maximum atomic E-state index is 5.99. The summed E-state index contributed by atoms with van der Waals surface area (Å²) in [6.45, 7) is 1.95. The molecule has 0 atom stereocenters. The lowest BCUT2D eigenvalue weighted by molar-refractivity contribution is 0.432. The number of hydrogen-bond donors (Lipinski definition) is 1. The molecule has 106 valence electrons. The van der Waals surface area contributed by atoms with Gasteiger partial charge in [-0.25, -0.2) is 0 Å². The lowest BCUT2D eigenvalue weighted by Gasteiger charge is -2.03. The molecule has 0 fully saturated rings. The molecule has 3 rings (SSSR count). The molecule has 6 heteroatoms. The van der Waals surface area contributed by atoms with Gasteiger partial charge in [-0.1, -0.05) is 28.9 Å². The molecule has 0 saturated heterocycles. The number of anilines is 1. The van der Waals surface area contributed by atoms with Crippen molar-refractivity contribution in [3.8, 4) is 22.8 Å². The summed E-state index contributed by atoms with van der Waals surface area (Å²) < 4.78 is 6.13. The molecule has 2 N–H and O–H groups in total. The van der Waals surface area contributed by atoms with E-state index in [1.54, 1.807) is 6.07 Å². The predicted molar refractivity (Wildman–Crippen MR) is 87.0 cm³/mol. The van der Waals surface area contributed by atoms with Gasteiger partial charge < -0.3 is 10.3 Å². The first-order valence-corrected chi connectivity index (χ1v) is 7.38. The highest BCUT2D eigenvalue weighted by Gasteiger charge is 2.15. The highest BCUT2D eigenvalue weighted by molar-refractivity contribution is 9.10. The monoisotopic (exact) mass is 363 g/mol. The SMILES string of the molecule is Cc1cccc(N)c1-c1nc(-c2ccc(Cl)c(Br)c2)no1. The molecule has 21 heavy (non-hydrogen) atoms. The minimum Gasteiger partial charge on any atom is -0.398 e. The Morgan fingerprint density at radius 1 is 1.24 bits per heavy atom. The minimum atomic E-state index is 0.409. The van der Waals surface area contributed by atoms with Gasteiger partial charge >= 0.3 is 0 Å². The molecule has 0 unspecified atom stereocenters. The number of nitrogen functional groups attached to an aromatic ring is 1. The number of aromatic nitrogens is 2. The van der Waals surface area contributed by atoms with Crippen molar-refractivity contribution in [1.82, 2.24) is 10.1 Å². The van der Waals surface area contributed by atoms with Crippen LogP contribution in [0, 0.1) is 6.92 Å². The van der Waals surface area contributed by atoms with Crippen molar-refractivity contribution in [2.45, 2.75) is 6.92 Å². The van der Waals surface area contributed by atoms with Crippen molar-refractivity contribution < 1.29 is 4.52 Å². The van der Waals surface area contributed by atoms with Crippen molar-refractivity contribution in [1.29, 1.82) is 0 Å². The number of rotatable bonds is 2. The standard InChI is InChI=1S/C15H11BrClN3O/c1-8-3-2-4-12(18)13(8)15-19-14(20-21-15)9-5-6-11(17)10(16)7-9/h2-7H,18H2,1H3. The van der Waals surface area contributed by atoms with Gasteiger partial charge in [0.1, 0.15) is 0 Å². The van der Waals surface area contributed by atoms with Gasteiger partial charge in [0.2, 0.25) is 5.82 Å². The zero-order valence-electron chi connectivity index (χ0n) is 11.1. The third-order valence-corrected chi connectivity index (χ3v) is 4.34. The second-order valence-corrected chi connectivity index (χ2v) is 5.85. The van der Waals surface area contributed by atoms with Gasteiger partial charge in [-0.3, -0.25) is 0 Å². The van der Waals surface area contributed by atoms with Crippen LogP contribution in [0.5, 0.6) is 0 Å². The van der Waals surface area contributed by atoms with Gasteiger partial charge in [0.25, 0.3) is 5.89 Å². The maximum Gasteiger partial charge on any atom is 0.260 e. The molecule has 1 aromatic heterocycles. The van der Waals surface area contributed by atoms with Crippen LogP contribution in [0.2, 0.25) is 5.02 Å². The highest BCUT2D eigenvalue weighted by atomic mass is 79.9. The summed E-state index contributed by atoms with van der Waals surface area (Å²) >= 11 is 9.36. The van der Waals surface area contributed by atoms with Gasteiger partial charge in [0.05, 0.1) is 10.6 Å². The van der Waals surface area contributed by atoms with Crippen LogP contribution in [-0.4, -0.2) is 10.1 Å². The Hall–Kier alpha value is -1.85. The molecule has 4 nitrogen and oxygen atoms in total. The molecule has 0 saturated carbocycles. The zero-order valence-corrected chi connectivity index (χ0v) is 13.4. The molecule has 0 spiro atoms. The third-order valence-electron chi connectivity index (χ3n) is 3.12. The van der Waals surface area contributed by atoms with Crippen LogP contribution < -0.4 is 5.73 Å². The van der Waals surface area contributed by atoms with Crippen molar-refractivity contribution >= 4 is 33.2 Å². The lowest BCUT2D eigenvalue weighted by Crippen LogP contribution is -1.92. The van der Waals surface area contributed by atoms with E-state index >= 15 is 0 Å². The van der Waals surface area contributed by atoms with Crippen molar-refractivity contribution in [3.63, 3.8) is 0 Å². The maximum absolute atomic E-state index is 5.99. The van der Waals surface area contributed by atoms with E-state index in [1.165, 1.54) is 0 Å². The first kappa shape index (κ1) is 14.1. The second kappa shape index (κ2) is 5.50. The van der Waals surface area contributed by atoms with Gasteiger partial charge in [-0.05, 0) is 52.7 Å². The first-order valence-electron chi connectivity index (χ1n) is 6.21. The average molecular weight is 365 g/mol. The largest absolute Gasteiger partial charge is 0.398 e. The summed E-state index contributed by atoms with van der Waals surface area (Å²) in [6, 6.07) is 11.1. The fraction of sp³-hybridized carbons (Fsp3) is 0.0667. The number of halogens is 2. The van der Waals surface area contributed by atoms with E-state index in [0.29, 0.717) is 22.4 Å². The quantitative estimate of drug-likeness (QED) is 0.669. The van der Waals surface area contributed by atoms with E-state index in [0.717, 1.165) is 21.2 Å². The van der Waals surface area contributed by atoms with E-state index in [-0.39, 0.29) is 0 Å². The minimum absolute atomic E-state index is 0.409. The number of nitrogens with zero attached hydrogens (tertiary/aromatic N) is 2. The summed E-state index contributed by atoms with van der Waals surface area (Å²) in [6.07, 6.45) is 0. The zero-order chi connectivity index (χ0) is 15.0. The summed E-state index contributed by atoms with van der Waals surface area (Å²) in [4.78, 5) is 4.42. The van der Waals surface area contributed by atoms with Crippen molar-refractivity contribution in [2.75, 3.05) is 5.73 Å². The van der Waals surface area contributed by atoms with Gasteiger partial charge in [0, 0.05) is 15.7 Å². The number of nitrogens with two attached hydrogens (primary N) is 1. The van der Waals surface area contributed by atoms with Crippen LogP contribution in [0.1, 0.15) is 5.56 Å². The molecule has 1 heterocycles. The number of hydrogen-bond acceptors (Lipinski definition) is 4. The van der Waals surface area contributed by atoms with E-state index in [2.05, 4.69) is 26.1 Å². The molecule has 3 aromatic rings. The summed E-state index contributed by atoms with van der Waals surface area (Å²) in [5, 5.41) is 4.64. The summed E-state index contributed by atoms with van der Waals surface area (Å²) in [7, 11) is 0. The van der Waals surface area contributed by atoms with Gasteiger partial charge in [-0.2, -0.15) is 4.98 Å². The Bertz CT molecular complexity index is 796. The predicted octanol–water partition coefficient (Wildman–Crippen LogP) is 4.71. The van der Waals surface area contributed by atoms with Gasteiger partial charge in [0.15, 0.2) is 0 Å². The Balaban J connectivity index is 2.06. The second-order valence-electron chi connectivity index (χ2n) is 4.59. The molecule has 0 aliphatic carbocycles. The molecule has 0 aliphatic rings. The fourth-order valence-electron chi connectivity index (χ4n) is 2.06. The normalized spacial score (nSPS) is 10.8. The Kier molecular flexibility index (Phi) is 3.69. The van der Waals surface area contributed by atoms with Crippen LogP contribution in [-0.2, 0) is 0 Å². The summed E-state index contributed by atoms with van der Waals surface area (Å²) in [5.74, 6) is 0.900. The average Bonchev–Trinajstić information content (AvgIpc) is 2.91. The number of benzene rings is 2. The van der Waals surface area contributed by atoms with E-state index in [9.17, 15) is 0 Å². The number of aryl methyl sites for hydroxylation is 1. The van der Waals surface area contributed by atoms with E-state index in [4.69, 9.17) is 21.9 Å². The fourth-order valence-corrected chi connectivity index (χ4v) is 2.56. The van der Waals surface area contributed by atoms with E-state index < -0.39 is 0 Å². The first-order chi connectivity index (χ1) is 10.1. The third kappa shape index (κ3) is 2.66. The topological polar surface area (TPSA) is 64.9 Å². The Labute approximate surface area is 135 Å².